The summed E-state index contributed by atoms with van der Waals surface area (Å²) in [4.78, 5) is 27.3. The Balaban J connectivity index is 1.95. The maximum absolute atomic E-state index is 13.1. The minimum Gasteiger partial charge on any atom is -0.507 e. The number of methoxy groups -OCH3 is 1. The van der Waals surface area contributed by atoms with Crippen molar-refractivity contribution in [1.29, 1.82) is 0 Å². The van der Waals surface area contributed by atoms with Gasteiger partial charge in [0.1, 0.15) is 17.3 Å². The van der Waals surface area contributed by atoms with Gasteiger partial charge >= 0.3 is 5.91 Å². The number of rotatable bonds is 4. The van der Waals surface area contributed by atoms with Crippen LogP contribution in [0.1, 0.15) is 28.5 Å². The van der Waals surface area contributed by atoms with E-state index in [0.29, 0.717) is 27.7 Å². The normalized spacial score (nSPS) is 17.8. The lowest BCUT2D eigenvalue weighted by Crippen LogP contribution is -2.29. The van der Waals surface area contributed by atoms with Crippen LogP contribution in [-0.2, 0) is 9.59 Å². The lowest BCUT2D eigenvalue weighted by molar-refractivity contribution is -0.132. The lowest BCUT2D eigenvalue weighted by atomic mass is 9.94. The number of halogens is 2. The van der Waals surface area contributed by atoms with Crippen molar-refractivity contribution < 1.29 is 24.0 Å². The molecule has 0 saturated carbocycles. The summed E-state index contributed by atoms with van der Waals surface area (Å²) in [7, 11) is 1.54. The molecule has 3 aromatic rings. The van der Waals surface area contributed by atoms with Gasteiger partial charge in [-0.2, -0.15) is 0 Å². The Morgan fingerprint density at radius 1 is 1.09 bits per heavy atom. The Kier molecular flexibility index (Phi) is 5.71. The highest BCUT2D eigenvalue weighted by molar-refractivity contribution is 6.51. The van der Waals surface area contributed by atoms with Crippen LogP contribution in [0, 0.1) is 13.8 Å². The van der Waals surface area contributed by atoms with Gasteiger partial charge in [-0.1, -0.05) is 34.4 Å². The van der Waals surface area contributed by atoms with E-state index in [-0.39, 0.29) is 22.2 Å². The monoisotopic (exact) mass is 472 g/mol. The van der Waals surface area contributed by atoms with E-state index in [9.17, 15) is 14.7 Å². The van der Waals surface area contributed by atoms with Crippen LogP contribution in [-0.4, -0.2) is 29.1 Å². The number of carbonyl (C=O) groups excluding carboxylic acids is 2. The van der Waals surface area contributed by atoms with E-state index >= 15 is 0 Å². The van der Waals surface area contributed by atoms with Crippen LogP contribution in [0.4, 0.5) is 5.82 Å². The standard InChI is InChI=1S/C23H18Cl2N2O5/c1-11-8-14(5-7-17(11)31-3)21(28)19-20(13-4-6-15(24)16(25)10-13)27(23(30)22(19)29)18-9-12(2)32-26-18/h4-10,20,28H,1-3H3/b21-19+/t20-/m0/s1. The minimum atomic E-state index is -0.989. The number of ether oxygens (including phenoxy) is 1. The number of aryl methyl sites for hydroxylation is 2. The van der Waals surface area contributed by atoms with Crippen LogP contribution in [0.25, 0.3) is 5.76 Å². The van der Waals surface area contributed by atoms with Crippen LogP contribution >= 0.6 is 23.2 Å². The number of amides is 1. The summed E-state index contributed by atoms with van der Waals surface area (Å²) in [6.45, 7) is 3.48. The molecule has 4 rings (SSSR count). The minimum absolute atomic E-state index is 0.0985. The molecule has 32 heavy (non-hydrogen) atoms. The average molecular weight is 473 g/mol. The molecule has 0 unspecified atom stereocenters. The van der Waals surface area contributed by atoms with E-state index in [1.54, 1.807) is 43.3 Å². The number of Topliss-reactive ketones (excluding diaryl/α,β-unsaturated/α-hetero) is 1. The van der Waals surface area contributed by atoms with Gasteiger partial charge in [-0.3, -0.25) is 14.5 Å². The van der Waals surface area contributed by atoms with E-state index in [4.69, 9.17) is 32.5 Å². The second kappa shape index (κ2) is 8.33. The van der Waals surface area contributed by atoms with Gasteiger partial charge in [0.2, 0.25) is 0 Å². The highest BCUT2D eigenvalue weighted by atomic mass is 35.5. The van der Waals surface area contributed by atoms with E-state index in [1.165, 1.54) is 18.1 Å². The zero-order valence-electron chi connectivity index (χ0n) is 17.3. The predicted octanol–water partition coefficient (Wildman–Crippen LogP) is 5.23. The molecule has 1 aliphatic rings. The molecule has 1 N–H and O–H groups in total. The van der Waals surface area contributed by atoms with Crippen molar-refractivity contribution in [2.24, 2.45) is 0 Å². The Morgan fingerprint density at radius 3 is 2.44 bits per heavy atom. The predicted molar refractivity (Wildman–Crippen MR) is 120 cm³/mol. The third kappa shape index (κ3) is 3.63. The summed E-state index contributed by atoms with van der Waals surface area (Å²) in [6, 6.07) is 10.3. The highest BCUT2D eigenvalue weighted by Crippen LogP contribution is 2.43. The van der Waals surface area contributed by atoms with E-state index < -0.39 is 17.7 Å². The largest absolute Gasteiger partial charge is 0.507 e. The second-order valence-corrected chi connectivity index (χ2v) is 8.14. The lowest BCUT2D eigenvalue weighted by Gasteiger charge is -2.23. The second-order valence-electron chi connectivity index (χ2n) is 7.32. The quantitative estimate of drug-likeness (QED) is 0.317. The Bertz CT molecular complexity index is 1280. The summed E-state index contributed by atoms with van der Waals surface area (Å²) >= 11 is 12.3. The van der Waals surface area contributed by atoms with Gasteiger partial charge in [-0.05, 0) is 55.3 Å². The first-order chi connectivity index (χ1) is 15.2. The molecule has 0 radical (unpaired) electrons. The Hall–Kier alpha value is -3.29. The highest BCUT2D eigenvalue weighted by Gasteiger charge is 2.48. The number of aromatic nitrogens is 1. The van der Waals surface area contributed by atoms with Crippen LogP contribution in [0.2, 0.25) is 10.0 Å². The molecule has 1 fully saturated rings. The topological polar surface area (TPSA) is 92.9 Å². The molecule has 2 aromatic carbocycles. The average Bonchev–Trinajstić information content (AvgIpc) is 3.30. The molecule has 1 aromatic heterocycles. The summed E-state index contributed by atoms with van der Waals surface area (Å²) < 4.78 is 10.4. The van der Waals surface area contributed by atoms with Crippen molar-refractivity contribution in [3.8, 4) is 5.75 Å². The van der Waals surface area contributed by atoms with Gasteiger partial charge in [0.25, 0.3) is 5.78 Å². The molecule has 1 amide bonds. The van der Waals surface area contributed by atoms with Crippen molar-refractivity contribution in [3.63, 3.8) is 0 Å². The number of aliphatic hydroxyl groups is 1. The van der Waals surface area contributed by atoms with Crippen molar-refractivity contribution in [2.45, 2.75) is 19.9 Å². The molecule has 7 nitrogen and oxygen atoms in total. The van der Waals surface area contributed by atoms with Crippen LogP contribution < -0.4 is 9.64 Å². The molecule has 2 heterocycles. The maximum atomic E-state index is 13.1. The molecule has 0 bridgehead atoms. The number of hydrogen-bond donors (Lipinski definition) is 1. The third-order valence-electron chi connectivity index (χ3n) is 5.23. The van der Waals surface area contributed by atoms with Crippen LogP contribution in [0.5, 0.6) is 5.75 Å². The number of carbonyl (C=O) groups is 2. The van der Waals surface area contributed by atoms with Gasteiger partial charge in [0, 0.05) is 11.6 Å². The number of nitrogens with zero attached hydrogens (tertiary/aromatic N) is 2. The summed E-state index contributed by atoms with van der Waals surface area (Å²) in [5.74, 6) is -0.797. The van der Waals surface area contributed by atoms with E-state index in [0.717, 1.165) is 5.56 Å². The number of anilines is 1. The van der Waals surface area contributed by atoms with Gasteiger partial charge in [0.05, 0.1) is 28.8 Å². The smallest absolute Gasteiger partial charge is 0.301 e. The number of ketones is 1. The first-order valence-electron chi connectivity index (χ1n) is 9.57. The maximum Gasteiger partial charge on any atom is 0.301 e. The van der Waals surface area contributed by atoms with E-state index in [1.807, 2.05) is 6.92 Å². The van der Waals surface area contributed by atoms with Crippen LogP contribution in [0.15, 0.2) is 52.6 Å². The van der Waals surface area contributed by atoms with E-state index in [2.05, 4.69) is 5.16 Å². The SMILES string of the molecule is COc1ccc(/C(O)=C2\C(=O)C(=O)N(c3cc(C)on3)[C@H]2c2ccc(Cl)c(Cl)c2)cc1C. The fourth-order valence-electron chi connectivity index (χ4n) is 3.71. The number of hydrogen-bond acceptors (Lipinski definition) is 6. The Labute approximate surface area is 193 Å². The first-order valence-corrected chi connectivity index (χ1v) is 10.3. The zero-order valence-corrected chi connectivity index (χ0v) is 18.9. The van der Waals surface area contributed by atoms with Gasteiger partial charge in [-0.15, -0.1) is 0 Å². The number of aliphatic hydroxyl groups excluding tert-OH is 1. The van der Waals surface area contributed by atoms with Gasteiger partial charge in [-0.25, -0.2) is 0 Å². The molecular weight excluding hydrogens is 455 g/mol. The molecule has 0 aliphatic carbocycles. The van der Waals surface area contributed by atoms with Gasteiger partial charge in [0.15, 0.2) is 5.82 Å². The summed E-state index contributed by atoms with van der Waals surface area (Å²) in [5.41, 5.74) is 1.50. The first kappa shape index (κ1) is 21.9. The van der Waals surface area contributed by atoms with Gasteiger partial charge < -0.3 is 14.4 Å². The summed E-state index contributed by atoms with van der Waals surface area (Å²) in [6.07, 6.45) is 0. The number of benzene rings is 2. The molecule has 164 valence electrons. The molecule has 0 spiro atoms. The fraction of sp³-hybridized carbons (Fsp3) is 0.174. The molecule has 1 aliphatic heterocycles. The third-order valence-corrected chi connectivity index (χ3v) is 5.97. The van der Waals surface area contributed by atoms with Crippen molar-refractivity contribution in [3.05, 3.63) is 80.5 Å². The molecule has 9 heteroatoms. The fourth-order valence-corrected chi connectivity index (χ4v) is 4.02. The zero-order chi connectivity index (χ0) is 23.2. The van der Waals surface area contributed by atoms with Crippen LogP contribution in [0.3, 0.4) is 0 Å². The molecule has 1 saturated heterocycles. The molecule has 1 atom stereocenters. The Morgan fingerprint density at radius 2 is 1.84 bits per heavy atom. The van der Waals surface area contributed by atoms with Crippen molar-refractivity contribution in [2.75, 3.05) is 12.0 Å². The van der Waals surface area contributed by atoms with Crippen molar-refractivity contribution in [1.82, 2.24) is 5.16 Å². The van der Waals surface area contributed by atoms with Crippen molar-refractivity contribution >= 4 is 46.5 Å². The molecular formula is C23H18Cl2N2O5. The summed E-state index contributed by atoms with van der Waals surface area (Å²) in [5, 5.41) is 15.6.